The first kappa shape index (κ1) is 20.1. The Morgan fingerprint density at radius 2 is 2.26 bits per heavy atom. The van der Waals surface area contributed by atoms with Crippen molar-refractivity contribution in [2.75, 3.05) is 19.4 Å². The summed E-state index contributed by atoms with van der Waals surface area (Å²) < 4.78 is 29.6. The summed E-state index contributed by atoms with van der Waals surface area (Å²) in [5.74, 6) is 0.0903. The normalized spacial score (nSPS) is 23.0. The van der Waals surface area contributed by atoms with E-state index in [4.69, 9.17) is 28.6 Å². The molecule has 3 atom stereocenters. The molecule has 0 spiro atoms. The number of amides is 1. The van der Waals surface area contributed by atoms with Crippen molar-refractivity contribution >= 4 is 44.8 Å². The van der Waals surface area contributed by atoms with Crippen LogP contribution < -0.4 is 4.72 Å². The lowest BCUT2D eigenvalue weighted by molar-refractivity contribution is 0.113. The van der Waals surface area contributed by atoms with Crippen LogP contribution in [0.25, 0.3) is 0 Å². The van der Waals surface area contributed by atoms with Gasteiger partial charge in [-0.25, -0.2) is 13.2 Å². The Bertz CT molecular complexity index is 592. The first-order valence-electron chi connectivity index (χ1n) is 6.98. The number of likely N-dealkylation sites (tertiary alicyclic amines) is 1. The summed E-state index contributed by atoms with van der Waals surface area (Å²) in [5, 5.41) is 0. The maximum atomic E-state index is 12.1. The molecule has 1 N–H and O–H groups in total. The molecule has 1 saturated heterocycles. The average molecular weight is 381 g/mol. The zero-order valence-corrected chi connectivity index (χ0v) is 15.5. The second-order valence-electron chi connectivity index (χ2n) is 5.31. The second kappa shape index (κ2) is 8.77. The number of nitrogens with one attached hydrogen (secondary N) is 1. The maximum Gasteiger partial charge on any atom is 0.410 e. The van der Waals surface area contributed by atoms with Crippen LogP contribution >= 0.6 is 23.8 Å². The second-order valence-corrected chi connectivity index (χ2v) is 8.20. The van der Waals surface area contributed by atoms with Crippen molar-refractivity contribution in [3.05, 3.63) is 24.8 Å². The molecule has 0 aliphatic carbocycles. The largest absolute Gasteiger partial charge is 0.445 e. The van der Waals surface area contributed by atoms with Crippen molar-refractivity contribution in [2.24, 2.45) is 5.92 Å². The molecule has 9 heteroatoms. The number of halogens is 1. The molecule has 1 unspecified atom stereocenters. The molecule has 1 rings (SSSR count). The molecule has 0 aromatic heterocycles. The van der Waals surface area contributed by atoms with Gasteiger partial charge < -0.3 is 9.64 Å². The number of hydrogen-bond donors (Lipinski definition) is 1. The van der Waals surface area contributed by atoms with Crippen molar-refractivity contribution in [2.45, 2.75) is 24.9 Å². The van der Waals surface area contributed by atoms with Crippen LogP contribution in [-0.2, 0) is 14.8 Å². The molecule has 6 nitrogen and oxygen atoms in total. The van der Waals surface area contributed by atoms with Gasteiger partial charge >= 0.3 is 6.09 Å². The average Bonchev–Trinajstić information content (AvgIpc) is 2.85. The van der Waals surface area contributed by atoms with Gasteiger partial charge in [0, 0.05) is 12.5 Å². The minimum Gasteiger partial charge on any atom is -0.445 e. The summed E-state index contributed by atoms with van der Waals surface area (Å²) in [6.45, 7) is 5.93. The van der Waals surface area contributed by atoms with E-state index < -0.39 is 21.6 Å². The third-order valence-electron chi connectivity index (χ3n) is 3.31. The van der Waals surface area contributed by atoms with Crippen LogP contribution in [0.5, 0.6) is 0 Å². The van der Waals surface area contributed by atoms with Gasteiger partial charge in [0.05, 0.1) is 12.3 Å². The molecule has 0 bridgehead atoms. The summed E-state index contributed by atoms with van der Waals surface area (Å²) in [7, 11) is -3.41. The first-order chi connectivity index (χ1) is 10.6. The van der Waals surface area contributed by atoms with Crippen molar-refractivity contribution < 1.29 is 17.9 Å². The van der Waals surface area contributed by atoms with Crippen LogP contribution in [0.1, 0.15) is 13.3 Å². The van der Waals surface area contributed by atoms with Gasteiger partial charge in [-0.05, 0) is 18.2 Å². The summed E-state index contributed by atoms with van der Waals surface area (Å²) in [6.07, 6.45) is 5.91. The Balaban J connectivity index is 2.80. The Morgan fingerprint density at radius 3 is 2.78 bits per heavy atom. The molecule has 1 amide bonds. The number of carbonyl (C=O) groups excluding carboxylic acids is 1. The molecule has 0 aromatic carbocycles. The Morgan fingerprint density at radius 1 is 1.61 bits per heavy atom. The van der Waals surface area contributed by atoms with E-state index in [-0.39, 0.29) is 18.6 Å². The van der Waals surface area contributed by atoms with E-state index in [0.29, 0.717) is 13.0 Å². The summed E-state index contributed by atoms with van der Waals surface area (Å²) in [5.41, 5.74) is -0.885. The van der Waals surface area contributed by atoms with E-state index in [9.17, 15) is 13.2 Å². The zero-order chi connectivity index (χ0) is 17.6. The molecule has 1 aliphatic rings. The van der Waals surface area contributed by atoms with Gasteiger partial charge in [0.2, 0.25) is 10.0 Å². The fourth-order valence-electron chi connectivity index (χ4n) is 2.24. The molecule has 1 aliphatic heterocycles. The van der Waals surface area contributed by atoms with Crippen molar-refractivity contribution in [3.63, 3.8) is 0 Å². The summed E-state index contributed by atoms with van der Waals surface area (Å²) in [6, 6.07) is -0.252. The molecule has 1 fully saturated rings. The van der Waals surface area contributed by atoms with E-state index in [1.165, 1.54) is 12.2 Å². The highest BCUT2D eigenvalue weighted by molar-refractivity contribution is 7.88. The highest BCUT2D eigenvalue weighted by Gasteiger charge is 2.35. The lowest BCUT2D eigenvalue weighted by Crippen LogP contribution is -2.36. The van der Waals surface area contributed by atoms with Crippen LogP contribution in [0.4, 0.5) is 4.79 Å². The number of sulfonamides is 1. The first-order valence-corrected chi connectivity index (χ1v) is 9.72. The third-order valence-corrected chi connectivity index (χ3v) is 4.71. The van der Waals surface area contributed by atoms with Gasteiger partial charge in [-0.15, -0.1) is 11.6 Å². The molecule has 0 radical (unpaired) electrons. The van der Waals surface area contributed by atoms with Crippen molar-refractivity contribution in [3.8, 4) is 0 Å². The maximum absolute atomic E-state index is 12.1. The van der Waals surface area contributed by atoms with Crippen molar-refractivity contribution in [1.82, 2.24) is 9.62 Å². The van der Waals surface area contributed by atoms with Crippen LogP contribution in [-0.4, -0.2) is 55.2 Å². The van der Waals surface area contributed by atoms with Crippen LogP contribution in [0.3, 0.4) is 0 Å². The highest BCUT2D eigenvalue weighted by Crippen LogP contribution is 2.26. The number of hydrogen-bond acceptors (Lipinski definition) is 5. The van der Waals surface area contributed by atoms with Crippen molar-refractivity contribution in [1.29, 1.82) is 0 Å². The van der Waals surface area contributed by atoms with Gasteiger partial charge in [0.1, 0.15) is 12.1 Å². The third kappa shape index (κ3) is 6.99. The minimum atomic E-state index is -3.41. The Labute approximate surface area is 147 Å². The van der Waals surface area contributed by atoms with Crippen LogP contribution in [0.15, 0.2) is 24.8 Å². The lowest BCUT2D eigenvalue weighted by atomic mass is 10.0. The smallest absolute Gasteiger partial charge is 0.410 e. The topological polar surface area (TPSA) is 75.7 Å². The number of carbonyl (C=O) groups is 1. The minimum absolute atomic E-state index is 0.0903. The molecular weight excluding hydrogens is 360 g/mol. The Hall–Kier alpha value is -0.960. The molecule has 0 aromatic rings. The SMILES string of the molecule is C=CCOC(=O)N1C[C@@H](C(C)=S)C[C@H]1/C=C/C(Cl)NS(C)(=O)=O. The zero-order valence-electron chi connectivity index (χ0n) is 13.1. The number of alkyl halides is 1. The molecule has 1 heterocycles. The quantitative estimate of drug-likeness (QED) is 0.316. The monoisotopic (exact) mass is 380 g/mol. The van der Waals surface area contributed by atoms with E-state index in [1.54, 1.807) is 11.0 Å². The van der Waals surface area contributed by atoms with E-state index in [1.807, 2.05) is 6.92 Å². The van der Waals surface area contributed by atoms with Crippen LogP contribution in [0, 0.1) is 5.92 Å². The molecular formula is C14H21ClN2O4S2. The fourth-order valence-corrected chi connectivity index (χ4v) is 3.46. The summed E-state index contributed by atoms with van der Waals surface area (Å²) >= 11 is 11.1. The number of nitrogens with zero attached hydrogens (tertiary/aromatic N) is 1. The van der Waals surface area contributed by atoms with E-state index in [2.05, 4.69) is 11.3 Å². The van der Waals surface area contributed by atoms with E-state index in [0.717, 1.165) is 11.1 Å². The predicted molar refractivity (Wildman–Crippen MR) is 95.2 cm³/mol. The van der Waals surface area contributed by atoms with Gasteiger partial charge in [-0.1, -0.05) is 37.0 Å². The molecule has 0 saturated carbocycles. The number of ether oxygens (including phenoxy) is 1. The van der Waals surface area contributed by atoms with Gasteiger partial charge in [-0.2, -0.15) is 4.72 Å². The molecule has 23 heavy (non-hydrogen) atoms. The fraction of sp³-hybridized carbons (Fsp3) is 0.571. The van der Waals surface area contributed by atoms with Crippen LogP contribution in [0.2, 0.25) is 0 Å². The predicted octanol–water partition coefficient (Wildman–Crippen LogP) is 2.06. The molecule has 130 valence electrons. The Kier molecular flexibility index (Phi) is 7.66. The van der Waals surface area contributed by atoms with Gasteiger partial charge in [-0.3, -0.25) is 0 Å². The standard InChI is InChI=1S/C14H21ClN2O4S2/c1-4-7-21-14(18)17-9-11(10(2)22)8-12(17)5-6-13(15)16-23(3,19)20/h4-6,11-13,16H,1,7-9H2,2-3H3/b6-5+/t11-,12+,13?/m0/s1. The number of rotatable bonds is 7. The van der Waals surface area contributed by atoms with Gasteiger partial charge in [0.25, 0.3) is 0 Å². The lowest BCUT2D eigenvalue weighted by Gasteiger charge is -2.21. The van der Waals surface area contributed by atoms with Gasteiger partial charge in [0.15, 0.2) is 0 Å². The summed E-state index contributed by atoms with van der Waals surface area (Å²) in [4.78, 5) is 14.5. The van der Waals surface area contributed by atoms with E-state index >= 15 is 0 Å². The highest BCUT2D eigenvalue weighted by atomic mass is 35.5. The number of thiocarbonyl (C=S) groups is 1.